The lowest BCUT2D eigenvalue weighted by atomic mass is 9.86. The molecule has 0 radical (unpaired) electrons. The molecule has 2 aromatic rings. The van der Waals surface area contributed by atoms with Crippen molar-refractivity contribution in [2.24, 2.45) is 0 Å². The van der Waals surface area contributed by atoms with Crippen LogP contribution >= 0.6 is 0 Å². The summed E-state index contributed by atoms with van der Waals surface area (Å²) in [4.78, 5) is 12.1. The standard InChI is InChI=1S/C17H17NO2/c19-16-11-14-9-5-4-8-13(14)10-15(16)18-17(20)12-6-2-1-3-7-12/h1-9,15-16,19H,10-11H2,(H,18,20). The Hall–Kier alpha value is -2.13. The van der Waals surface area contributed by atoms with Gasteiger partial charge in [-0.25, -0.2) is 0 Å². The first-order chi connectivity index (χ1) is 9.74. The number of carbonyl (C=O) groups excluding carboxylic acids is 1. The van der Waals surface area contributed by atoms with Crippen molar-refractivity contribution >= 4 is 5.91 Å². The van der Waals surface area contributed by atoms with E-state index in [4.69, 9.17) is 0 Å². The Labute approximate surface area is 118 Å². The first-order valence-corrected chi connectivity index (χ1v) is 6.85. The van der Waals surface area contributed by atoms with Crippen molar-refractivity contribution in [2.45, 2.75) is 25.0 Å². The first-order valence-electron chi connectivity index (χ1n) is 6.85. The maximum atomic E-state index is 12.1. The average molecular weight is 267 g/mol. The summed E-state index contributed by atoms with van der Waals surface area (Å²) in [6.45, 7) is 0. The number of hydrogen-bond acceptors (Lipinski definition) is 2. The van der Waals surface area contributed by atoms with Crippen molar-refractivity contribution in [3.63, 3.8) is 0 Å². The van der Waals surface area contributed by atoms with Gasteiger partial charge in [0.15, 0.2) is 0 Å². The molecule has 20 heavy (non-hydrogen) atoms. The maximum absolute atomic E-state index is 12.1. The van der Waals surface area contributed by atoms with E-state index < -0.39 is 6.10 Å². The summed E-state index contributed by atoms with van der Waals surface area (Å²) in [6, 6.07) is 16.9. The van der Waals surface area contributed by atoms with Gasteiger partial charge in [-0.3, -0.25) is 4.79 Å². The minimum Gasteiger partial charge on any atom is -0.391 e. The molecule has 2 atom stereocenters. The number of hydrogen-bond donors (Lipinski definition) is 2. The monoisotopic (exact) mass is 267 g/mol. The molecule has 0 saturated carbocycles. The van der Waals surface area contributed by atoms with Crippen LogP contribution < -0.4 is 5.32 Å². The number of carbonyl (C=O) groups is 1. The third kappa shape index (κ3) is 2.58. The van der Waals surface area contributed by atoms with Crippen LogP contribution in [0.15, 0.2) is 54.6 Å². The predicted octanol–water partition coefficient (Wildman–Crippen LogP) is 1.94. The van der Waals surface area contributed by atoms with E-state index >= 15 is 0 Å². The van der Waals surface area contributed by atoms with Gasteiger partial charge in [-0.05, 0) is 29.7 Å². The van der Waals surface area contributed by atoms with Crippen LogP contribution in [0.5, 0.6) is 0 Å². The second kappa shape index (κ2) is 5.47. The van der Waals surface area contributed by atoms with Gasteiger partial charge in [-0.15, -0.1) is 0 Å². The zero-order chi connectivity index (χ0) is 13.9. The second-order valence-corrected chi connectivity index (χ2v) is 5.19. The quantitative estimate of drug-likeness (QED) is 0.873. The molecule has 3 nitrogen and oxygen atoms in total. The number of rotatable bonds is 2. The normalized spacial score (nSPS) is 21.1. The molecular weight excluding hydrogens is 250 g/mol. The molecule has 2 aromatic carbocycles. The summed E-state index contributed by atoms with van der Waals surface area (Å²) in [5.41, 5.74) is 3.00. The maximum Gasteiger partial charge on any atom is 0.251 e. The SMILES string of the molecule is O=C(NC1Cc2ccccc2CC1O)c1ccccc1. The Balaban J connectivity index is 1.74. The Bertz CT molecular complexity index is 609. The predicted molar refractivity (Wildman–Crippen MR) is 77.6 cm³/mol. The van der Waals surface area contributed by atoms with Crippen molar-refractivity contribution in [3.05, 3.63) is 71.3 Å². The van der Waals surface area contributed by atoms with Gasteiger partial charge >= 0.3 is 0 Å². The number of aliphatic hydroxyl groups is 1. The fourth-order valence-corrected chi connectivity index (χ4v) is 2.68. The van der Waals surface area contributed by atoms with Gasteiger partial charge in [-0.1, -0.05) is 42.5 Å². The largest absolute Gasteiger partial charge is 0.391 e. The summed E-state index contributed by atoms with van der Waals surface area (Å²) >= 11 is 0. The molecule has 1 aliphatic carbocycles. The molecule has 0 aromatic heterocycles. The summed E-state index contributed by atoms with van der Waals surface area (Å²) in [5.74, 6) is -0.131. The van der Waals surface area contributed by atoms with Crippen LogP contribution in [-0.2, 0) is 12.8 Å². The van der Waals surface area contributed by atoms with Gasteiger partial charge in [0.2, 0.25) is 0 Å². The lowest BCUT2D eigenvalue weighted by molar-refractivity contribution is 0.0815. The number of aliphatic hydroxyl groups excluding tert-OH is 1. The van der Waals surface area contributed by atoms with Gasteiger partial charge in [0.05, 0.1) is 12.1 Å². The Kier molecular flexibility index (Phi) is 3.52. The van der Waals surface area contributed by atoms with Gasteiger partial charge in [0.25, 0.3) is 5.91 Å². The van der Waals surface area contributed by atoms with Crippen LogP contribution in [0, 0.1) is 0 Å². The molecule has 0 bridgehead atoms. The molecule has 0 fully saturated rings. The van der Waals surface area contributed by atoms with Crippen LogP contribution in [0.2, 0.25) is 0 Å². The van der Waals surface area contributed by atoms with E-state index in [1.54, 1.807) is 12.1 Å². The fraction of sp³-hybridized carbons (Fsp3) is 0.235. The molecule has 1 aliphatic rings. The van der Waals surface area contributed by atoms with Crippen molar-refractivity contribution < 1.29 is 9.90 Å². The summed E-state index contributed by atoms with van der Waals surface area (Å²) < 4.78 is 0. The molecule has 2 N–H and O–H groups in total. The van der Waals surface area contributed by atoms with Crippen LogP contribution in [-0.4, -0.2) is 23.2 Å². The second-order valence-electron chi connectivity index (χ2n) is 5.19. The highest BCUT2D eigenvalue weighted by Crippen LogP contribution is 2.21. The van der Waals surface area contributed by atoms with Crippen LogP contribution in [0.4, 0.5) is 0 Å². The summed E-state index contributed by atoms with van der Waals surface area (Å²) in [6.07, 6.45) is 0.740. The molecule has 1 amide bonds. The minimum atomic E-state index is -0.530. The average Bonchev–Trinajstić information content (AvgIpc) is 2.49. The van der Waals surface area contributed by atoms with E-state index in [1.807, 2.05) is 36.4 Å². The first kappa shape index (κ1) is 12.9. The number of fused-ring (bicyclic) bond motifs is 1. The van der Waals surface area contributed by atoms with Crippen molar-refractivity contribution in [1.82, 2.24) is 5.32 Å². The van der Waals surface area contributed by atoms with E-state index in [1.165, 1.54) is 11.1 Å². The minimum absolute atomic E-state index is 0.131. The Morgan fingerprint density at radius 3 is 2.25 bits per heavy atom. The molecule has 2 unspecified atom stereocenters. The number of benzene rings is 2. The molecular formula is C17H17NO2. The van der Waals surface area contributed by atoms with Gasteiger partial charge in [0.1, 0.15) is 0 Å². The van der Waals surface area contributed by atoms with Gasteiger partial charge < -0.3 is 10.4 Å². The number of amides is 1. The molecule has 0 heterocycles. The smallest absolute Gasteiger partial charge is 0.251 e. The van der Waals surface area contributed by atoms with Crippen molar-refractivity contribution in [2.75, 3.05) is 0 Å². The summed E-state index contributed by atoms with van der Waals surface area (Å²) in [7, 11) is 0. The van der Waals surface area contributed by atoms with Crippen LogP contribution in [0.3, 0.4) is 0 Å². The van der Waals surface area contributed by atoms with Crippen LogP contribution in [0.1, 0.15) is 21.5 Å². The topological polar surface area (TPSA) is 49.3 Å². The molecule has 3 rings (SSSR count). The third-order valence-electron chi connectivity index (χ3n) is 3.80. The highest BCUT2D eigenvalue weighted by Gasteiger charge is 2.28. The van der Waals surface area contributed by atoms with E-state index in [2.05, 4.69) is 11.4 Å². The van der Waals surface area contributed by atoms with E-state index in [-0.39, 0.29) is 11.9 Å². The van der Waals surface area contributed by atoms with Gasteiger partial charge in [0, 0.05) is 12.0 Å². The van der Waals surface area contributed by atoms with E-state index in [9.17, 15) is 9.90 Å². The summed E-state index contributed by atoms with van der Waals surface area (Å²) in [5, 5.41) is 13.1. The molecule has 0 spiro atoms. The third-order valence-corrected chi connectivity index (χ3v) is 3.80. The molecule has 0 aliphatic heterocycles. The number of nitrogens with one attached hydrogen (secondary N) is 1. The Morgan fingerprint density at radius 2 is 1.55 bits per heavy atom. The highest BCUT2D eigenvalue weighted by molar-refractivity contribution is 5.94. The lowest BCUT2D eigenvalue weighted by Crippen LogP contribution is -2.48. The lowest BCUT2D eigenvalue weighted by Gasteiger charge is -2.30. The zero-order valence-corrected chi connectivity index (χ0v) is 11.1. The molecule has 0 saturated heterocycles. The van der Waals surface area contributed by atoms with Crippen LogP contribution in [0.25, 0.3) is 0 Å². The van der Waals surface area contributed by atoms with Gasteiger partial charge in [-0.2, -0.15) is 0 Å². The molecule has 102 valence electrons. The highest BCUT2D eigenvalue weighted by atomic mass is 16.3. The molecule has 3 heteroatoms. The van der Waals surface area contributed by atoms with Crippen molar-refractivity contribution in [1.29, 1.82) is 0 Å². The fourth-order valence-electron chi connectivity index (χ4n) is 2.68. The van der Waals surface area contributed by atoms with E-state index in [0.29, 0.717) is 18.4 Å². The zero-order valence-electron chi connectivity index (χ0n) is 11.1. The van der Waals surface area contributed by atoms with E-state index in [0.717, 1.165) is 0 Å². The van der Waals surface area contributed by atoms with Crippen molar-refractivity contribution in [3.8, 4) is 0 Å². The Morgan fingerprint density at radius 1 is 0.950 bits per heavy atom.